The Hall–Kier alpha value is -3.25. The Labute approximate surface area is 202 Å². The molecule has 2 heterocycles. The van der Waals surface area contributed by atoms with Gasteiger partial charge in [0.2, 0.25) is 0 Å². The normalized spacial score (nSPS) is 15.7. The van der Waals surface area contributed by atoms with E-state index in [-0.39, 0.29) is 11.3 Å². The summed E-state index contributed by atoms with van der Waals surface area (Å²) in [5.74, 6) is 1.59. The smallest absolute Gasteiger partial charge is 0.272 e. The maximum atomic E-state index is 12.5. The third-order valence-corrected chi connectivity index (χ3v) is 6.79. The van der Waals surface area contributed by atoms with E-state index < -0.39 is 0 Å². The molecule has 1 amide bonds. The molecule has 6 heteroatoms. The molecule has 1 aliphatic rings. The summed E-state index contributed by atoms with van der Waals surface area (Å²) < 4.78 is 5.62. The van der Waals surface area contributed by atoms with Gasteiger partial charge < -0.3 is 9.64 Å². The molecule has 1 saturated heterocycles. The predicted molar refractivity (Wildman–Crippen MR) is 135 cm³/mol. The highest BCUT2D eigenvalue weighted by Crippen LogP contribution is 2.36. The minimum atomic E-state index is -0.147. The van der Waals surface area contributed by atoms with Crippen molar-refractivity contribution in [2.75, 3.05) is 34.3 Å². The molecule has 1 fully saturated rings. The number of piperidine rings is 1. The van der Waals surface area contributed by atoms with Crippen LogP contribution in [0, 0.1) is 6.92 Å². The van der Waals surface area contributed by atoms with Crippen LogP contribution in [0.2, 0.25) is 0 Å². The van der Waals surface area contributed by atoms with Gasteiger partial charge in [-0.1, -0.05) is 49.4 Å². The van der Waals surface area contributed by atoms with E-state index >= 15 is 0 Å². The predicted octanol–water partition coefficient (Wildman–Crippen LogP) is 4.72. The molecule has 1 aromatic heterocycles. The van der Waals surface area contributed by atoms with Crippen LogP contribution >= 0.6 is 0 Å². The van der Waals surface area contributed by atoms with Gasteiger partial charge >= 0.3 is 0 Å². The lowest BCUT2D eigenvalue weighted by Crippen LogP contribution is -2.42. The highest BCUT2D eigenvalue weighted by molar-refractivity contribution is 5.92. The van der Waals surface area contributed by atoms with E-state index in [1.54, 1.807) is 32.2 Å². The number of rotatable bonds is 6. The molecule has 0 bridgehead atoms. The average molecular weight is 459 g/mol. The first kappa shape index (κ1) is 23.9. The monoisotopic (exact) mass is 458 g/mol. The molecule has 0 aliphatic carbocycles. The van der Waals surface area contributed by atoms with E-state index in [1.165, 1.54) is 11.1 Å². The van der Waals surface area contributed by atoms with Crippen molar-refractivity contribution in [2.24, 2.45) is 0 Å². The van der Waals surface area contributed by atoms with Crippen molar-refractivity contribution in [3.63, 3.8) is 0 Å². The maximum Gasteiger partial charge on any atom is 0.272 e. The second kappa shape index (κ2) is 9.94. The van der Waals surface area contributed by atoms with E-state index in [1.807, 2.05) is 19.1 Å². The second-order valence-corrected chi connectivity index (χ2v) is 9.61. The lowest BCUT2D eigenvalue weighted by atomic mass is 9.79. The number of nitrogens with zero attached hydrogens (tertiary/aromatic N) is 4. The number of aryl methyl sites for hydroxylation is 1. The molecule has 1 aliphatic heterocycles. The zero-order valence-electron chi connectivity index (χ0n) is 20.8. The second-order valence-electron chi connectivity index (χ2n) is 9.61. The number of carbonyl (C=O) groups is 1. The highest BCUT2D eigenvalue weighted by Gasteiger charge is 2.35. The summed E-state index contributed by atoms with van der Waals surface area (Å²) in [6.07, 6.45) is 1.89. The quantitative estimate of drug-likeness (QED) is 0.535. The van der Waals surface area contributed by atoms with Gasteiger partial charge in [-0.15, -0.1) is 0 Å². The molecule has 0 radical (unpaired) electrons. The third-order valence-electron chi connectivity index (χ3n) is 6.79. The lowest BCUT2D eigenvalue weighted by Gasteiger charge is -2.38. The fraction of sp³-hybridized carbons (Fsp3) is 0.393. The van der Waals surface area contributed by atoms with Crippen molar-refractivity contribution in [3.8, 4) is 16.9 Å². The molecule has 0 spiro atoms. The highest BCUT2D eigenvalue weighted by atomic mass is 16.5. The van der Waals surface area contributed by atoms with Gasteiger partial charge in [-0.2, -0.15) is 0 Å². The van der Waals surface area contributed by atoms with Crippen molar-refractivity contribution in [3.05, 3.63) is 77.4 Å². The third kappa shape index (κ3) is 4.97. The minimum absolute atomic E-state index is 0.0827. The Kier molecular flexibility index (Phi) is 6.98. The number of hydrogen-bond acceptors (Lipinski definition) is 5. The molecule has 0 saturated carbocycles. The number of methoxy groups -OCH3 is 1. The van der Waals surface area contributed by atoms with Gasteiger partial charge in [0.05, 0.1) is 7.11 Å². The number of benzene rings is 2. The van der Waals surface area contributed by atoms with Gasteiger partial charge in [-0.25, -0.2) is 9.97 Å². The van der Waals surface area contributed by atoms with Crippen molar-refractivity contribution in [1.29, 1.82) is 0 Å². The zero-order valence-corrected chi connectivity index (χ0v) is 20.8. The van der Waals surface area contributed by atoms with Crippen molar-refractivity contribution in [1.82, 2.24) is 19.8 Å². The molecule has 178 valence electrons. The van der Waals surface area contributed by atoms with E-state index in [9.17, 15) is 4.79 Å². The molecule has 0 unspecified atom stereocenters. The molecule has 0 atom stereocenters. The SMILES string of the molecule is COc1ccccc1-c1ccccc1CN1CCC(C)(c2nc(C)cc(C(=O)N(C)C)n2)CC1. The number of hydrogen-bond donors (Lipinski definition) is 0. The van der Waals surface area contributed by atoms with Gasteiger partial charge in [-0.3, -0.25) is 9.69 Å². The largest absolute Gasteiger partial charge is 0.496 e. The van der Waals surface area contributed by atoms with Gasteiger partial charge in [-0.05, 0) is 56.1 Å². The summed E-state index contributed by atoms with van der Waals surface area (Å²) >= 11 is 0. The van der Waals surface area contributed by atoms with Gasteiger partial charge in [0.25, 0.3) is 5.91 Å². The van der Waals surface area contributed by atoms with Crippen LogP contribution in [-0.2, 0) is 12.0 Å². The van der Waals surface area contributed by atoms with Gasteiger partial charge in [0.15, 0.2) is 0 Å². The first-order valence-corrected chi connectivity index (χ1v) is 11.8. The van der Waals surface area contributed by atoms with Gasteiger partial charge in [0.1, 0.15) is 17.3 Å². The summed E-state index contributed by atoms with van der Waals surface area (Å²) in [6.45, 7) is 6.94. The first-order chi connectivity index (χ1) is 16.3. The Morgan fingerprint density at radius 2 is 1.68 bits per heavy atom. The van der Waals surface area contributed by atoms with E-state index in [0.29, 0.717) is 5.69 Å². The fourth-order valence-electron chi connectivity index (χ4n) is 4.63. The van der Waals surface area contributed by atoms with Crippen LogP contribution in [0.15, 0.2) is 54.6 Å². The number of aromatic nitrogens is 2. The van der Waals surface area contributed by atoms with E-state index in [4.69, 9.17) is 14.7 Å². The number of ether oxygens (including phenoxy) is 1. The molecular formula is C28H34N4O2. The molecule has 6 nitrogen and oxygen atoms in total. The van der Waals surface area contributed by atoms with Crippen molar-refractivity contribution >= 4 is 5.91 Å². The number of amides is 1. The van der Waals surface area contributed by atoms with E-state index in [0.717, 1.165) is 55.3 Å². The lowest BCUT2D eigenvalue weighted by molar-refractivity contribution is 0.0820. The van der Waals surface area contributed by atoms with E-state index in [2.05, 4.69) is 48.2 Å². The summed E-state index contributed by atoms with van der Waals surface area (Å²) in [4.78, 5) is 26.0. The van der Waals surface area contributed by atoms with Crippen LogP contribution in [0.25, 0.3) is 11.1 Å². The summed E-state index contributed by atoms with van der Waals surface area (Å²) in [6, 6.07) is 18.5. The number of para-hydroxylation sites is 1. The molecule has 3 aromatic rings. The summed E-state index contributed by atoms with van der Waals surface area (Å²) in [7, 11) is 5.23. The number of likely N-dealkylation sites (tertiary alicyclic amines) is 1. The summed E-state index contributed by atoms with van der Waals surface area (Å²) in [5.41, 5.74) is 4.79. The Morgan fingerprint density at radius 3 is 2.35 bits per heavy atom. The Morgan fingerprint density at radius 1 is 1.03 bits per heavy atom. The maximum absolute atomic E-state index is 12.5. The molecular weight excluding hydrogens is 424 g/mol. The zero-order chi connectivity index (χ0) is 24.3. The van der Waals surface area contributed by atoms with Crippen LogP contribution in [-0.4, -0.2) is 60.0 Å². The van der Waals surface area contributed by atoms with Crippen LogP contribution < -0.4 is 4.74 Å². The number of carbonyl (C=O) groups excluding carboxylic acids is 1. The van der Waals surface area contributed by atoms with Crippen molar-refractivity contribution < 1.29 is 9.53 Å². The first-order valence-electron chi connectivity index (χ1n) is 11.8. The van der Waals surface area contributed by atoms with Crippen LogP contribution in [0.1, 0.15) is 47.3 Å². The van der Waals surface area contributed by atoms with Crippen LogP contribution in [0.5, 0.6) is 5.75 Å². The van der Waals surface area contributed by atoms with Crippen molar-refractivity contribution in [2.45, 2.75) is 38.6 Å². The molecule has 4 rings (SSSR count). The van der Waals surface area contributed by atoms with Gasteiger partial charge in [0, 0.05) is 37.3 Å². The fourth-order valence-corrected chi connectivity index (χ4v) is 4.63. The van der Waals surface area contributed by atoms with Crippen LogP contribution in [0.3, 0.4) is 0 Å². The molecule has 34 heavy (non-hydrogen) atoms. The Balaban J connectivity index is 1.51. The minimum Gasteiger partial charge on any atom is -0.496 e. The standard InChI is InChI=1S/C28H34N4O2/c1-20-18-24(26(33)31(3)4)30-27(29-20)28(2)14-16-32(17-15-28)19-21-10-6-7-11-22(21)23-12-8-9-13-25(23)34-5/h6-13,18H,14-17,19H2,1-5H3. The average Bonchev–Trinajstić information content (AvgIpc) is 2.85. The molecule has 0 N–H and O–H groups in total. The topological polar surface area (TPSA) is 58.6 Å². The molecule has 2 aromatic carbocycles. The Bertz CT molecular complexity index is 1170. The van der Waals surface area contributed by atoms with Crippen LogP contribution in [0.4, 0.5) is 0 Å². The summed E-state index contributed by atoms with van der Waals surface area (Å²) in [5, 5.41) is 0.